The molecular formula is C9H7BrN2O3S. The minimum absolute atomic E-state index is 0.227. The van der Waals surface area contributed by atoms with Crippen LogP contribution in [-0.2, 0) is 11.3 Å². The fourth-order valence-corrected chi connectivity index (χ4v) is 2.63. The molecule has 0 bridgehead atoms. The highest BCUT2D eigenvalue weighted by Crippen LogP contribution is 2.27. The highest BCUT2D eigenvalue weighted by Gasteiger charge is 2.16. The quantitative estimate of drug-likeness (QED) is 0.855. The molecule has 0 aliphatic rings. The monoisotopic (exact) mass is 302 g/mol. The maximum atomic E-state index is 11.5. The molecule has 0 unspecified atom stereocenters. The number of aliphatic hydroxyl groups is 1. The van der Waals surface area contributed by atoms with Gasteiger partial charge in [-0.2, -0.15) is 0 Å². The number of ether oxygens (including phenoxy) is 1. The first-order chi connectivity index (χ1) is 7.65. The van der Waals surface area contributed by atoms with Crippen molar-refractivity contribution in [2.75, 3.05) is 7.11 Å². The maximum Gasteiger partial charge on any atom is 0.340 e. The van der Waals surface area contributed by atoms with E-state index in [1.54, 1.807) is 0 Å². The summed E-state index contributed by atoms with van der Waals surface area (Å²) in [6.45, 7) is -0.227. The molecule has 7 heteroatoms. The minimum atomic E-state index is -0.486. The maximum absolute atomic E-state index is 11.5. The summed E-state index contributed by atoms with van der Waals surface area (Å²) in [6, 6.07) is 1.49. The fraction of sp³-hybridized carbons (Fsp3) is 0.222. The lowest BCUT2D eigenvalue weighted by Gasteiger charge is -2.02. The van der Waals surface area contributed by atoms with Crippen LogP contribution in [0.15, 0.2) is 9.98 Å². The smallest absolute Gasteiger partial charge is 0.340 e. The second-order valence-corrected chi connectivity index (χ2v) is 5.18. The van der Waals surface area contributed by atoms with Crippen LogP contribution < -0.4 is 0 Å². The summed E-state index contributed by atoms with van der Waals surface area (Å²) in [5, 5.41) is 9.04. The molecule has 0 radical (unpaired) electrons. The van der Waals surface area contributed by atoms with Crippen LogP contribution >= 0.6 is 27.3 Å². The Morgan fingerprint density at radius 2 is 2.38 bits per heavy atom. The Morgan fingerprint density at radius 1 is 1.62 bits per heavy atom. The second kappa shape index (κ2) is 4.44. The van der Waals surface area contributed by atoms with Crippen molar-refractivity contribution in [1.82, 2.24) is 9.97 Å². The first-order valence-corrected chi connectivity index (χ1v) is 5.91. The van der Waals surface area contributed by atoms with Gasteiger partial charge in [0.2, 0.25) is 0 Å². The van der Waals surface area contributed by atoms with Gasteiger partial charge < -0.3 is 9.84 Å². The molecule has 84 valence electrons. The van der Waals surface area contributed by atoms with Crippen LogP contribution in [0.3, 0.4) is 0 Å². The molecule has 0 saturated heterocycles. The zero-order chi connectivity index (χ0) is 11.7. The van der Waals surface area contributed by atoms with E-state index in [1.165, 1.54) is 24.5 Å². The largest absolute Gasteiger partial charge is 0.465 e. The average Bonchev–Trinajstić information content (AvgIpc) is 2.66. The van der Waals surface area contributed by atoms with Gasteiger partial charge in [-0.15, -0.1) is 0 Å². The van der Waals surface area contributed by atoms with Gasteiger partial charge in [0, 0.05) is 0 Å². The van der Waals surface area contributed by atoms with Crippen molar-refractivity contribution in [3.8, 4) is 0 Å². The Morgan fingerprint density at radius 3 is 3.00 bits per heavy atom. The number of carbonyl (C=O) groups excluding carboxylic acids is 1. The molecule has 0 atom stereocenters. The van der Waals surface area contributed by atoms with Crippen LogP contribution in [0.25, 0.3) is 10.3 Å². The Hall–Kier alpha value is -1.05. The van der Waals surface area contributed by atoms with Crippen LogP contribution in [0.5, 0.6) is 0 Å². The lowest BCUT2D eigenvalue weighted by molar-refractivity contribution is 0.0602. The van der Waals surface area contributed by atoms with Gasteiger partial charge in [-0.25, -0.2) is 14.8 Å². The van der Waals surface area contributed by atoms with Gasteiger partial charge in [-0.05, 0) is 22.0 Å². The second-order valence-electron chi connectivity index (χ2n) is 2.93. The average molecular weight is 303 g/mol. The van der Waals surface area contributed by atoms with Gasteiger partial charge in [-0.1, -0.05) is 11.3 Å². The van der Waals surface area contributed by atoms with E-state index in [0.717, 1.165) is 0 Å². The van der Waals surface area contributed by atoms with Gasteiger partial charge in [0.15, 0.2) is 3.92 Å². The van der Waals surface area contributed by atoms with Crippen LogP contribution in [0.1, 0.15) is 16.1 Å². The van der Waals surface area contributed by atoms with E-state index in [0.29, 0.717) is 25.5 Å². The standard InChI is InChI=1S/C9H7BrN2O3S/c1-15-8(14)5-2-4(3-13)11-7-6(5)12-9(10)16-7/h2,13H,3H2,1H3. The van der Waals surface area contributed by atoms with Crippen molar-refractivity contribution in [3.63, 3.8) is 0 Å². The number of methoxy groups -OCH3 is 1. The first kappa shape index (κ1) is 11.4. The molecule has 2 rings (SSSR count). The number of thiazole rings is 1. The van der Waals surface area contributed by atoms with Crippen LogP contribution in [-0.4, -0.2) is 28.2 Å². The zero-order valence-electron chi connectivity index (χ0n) is 8.23. The highest BCUT2D eigenvalue weighted by molar-refractivity contribution is 9.11. The number of hydrogen-bond donors (Lipinski definition) is 1. The van der Waals surface area contributed by atoms with E-state index in [2.05, 4.69) is 30.6 Å². The van der Waals surface area contributed by atoms with Crippen LogP contribution in [0, 0.1) is 0 Å². The minimum Gasteiger partial charge on any atom is -0.465 e. The number of rotatable bonds is 2. The number of pyridine rings is 1. The Balaban J connectivity index is 2.72. The molecule has 5 nitrogen and oxygen atoms in total. The highest BCUT2D eigenvalue weighted by atomic mass is 79.9. The number of hydrogen-bond acceptors (Lipinski definition) is 6. The predicted molar refractivity (Wildman–Crippen MR) is 62.4 cm³/mol. The summed E-state index contributed by atoms with van der Waals surface area (Å²) in [4.78, 5) is 20.4. The van der Waals surface area contributed by atoms with Gasteiger partial charge >= 0.3 is 5.97 Å². The molecule has 2 aromatic rings. The molecule has 0 aliphatic carbocycles. The van der Waals surface area contributed by atoms with Crippen molar-refractivity contribution < 1.29 is 14.6 Å². The zero-order valence-corrected chi connectivity index (χ0v) is 10.6. The molecule has 2 aromatic heterocycles. The Labute approximate surface area is 103 Å². The van der Waals surface area contributed by atoms with Crippen molar-refractivity contribution in [2.45, 2.75) is 6.61 Å². The molecule has 2 heterocycles. The molecular weight excluding hydrogens is 296 g/mol. The summed E-state index contributed by atoms with van der Waals surface area (Å²) in [7, 11) is 1.30. The molecule has 1 N–H and O–H groups in total. The number of halogens is 1. The van der Waals surface area contributed by atoms with E-state index in [-0.39, 0.29) is 6.61 Å². The van der Waals surface area contributed by atoms with Crippen molar-refractivity contribution >= 4 is 43.6 Å². The summed E-state index contributed by atoms with van der Waals surface area (Å²) >= 11 is 4.53. The molecule has 0 aromatic carbocycles. The van der Waals surface area contributed by atoms with Crippen molar-refractivity contribution in [3.05, 3.63) is 21.2 Å². The van der Waals surface area contributed by atoms with Crippen LogP contribution in [0.4, 0.5) is 0 Å². The fourth-order valence-electron chi connectivity index (χ4n) is 1.28. The number of fused-ring (bicyclic) bond motifs is 1. The molecule has 0 fully saturated rings. The normalized spacial score (nSPS) is 10.7. The van der Waals surface area contributed by atoms with E-state index in [9.17, 15) is 4.79 Å². The third kappa shape index (κ3) is 1.93. The van der Waals surface area contributed by atoms with Gasteiger partial charge in [0.05, 0.1) is 25.0 Å². The third-order valence-corrected chi connectivity index (χ3v) is 3.36. The Kier molecular flexibility index (Phi) is 3.17. The number of esters is 1. The SMILES string of the molecule is COC(=O)c1cc(CO)nc2sc(Br)nc12. The summed E-state index contributed by atoms with van der Waals surface area (Å²) < 4.78 is 5.29. The predicted octanol–water partition coefficient (Wildman–Crippen LogP) is 1.73. The topological polar surface area (TPSA) is 72.3 Å². The van der Waals surface area contributed by atoms with Gasteiger partial charge in [0.25, 0.3) is 0 Å². The summed E-state index contributed by atoms with van der Waals surface area (Å²) in [5.74, 6) is -0.486. The first-order valence-electron chi connectivity index (χ1n) is 4.31. The van der Waals surface area contributed by atoms with Crippen molar-refractivity contribution in [2.24, 2.45) is 0 Å². The van der Waals surface area contributed by atoms with Gasteiger partial charge in [0.1, 0.15) is 10.3 Å². The van der Waals surface area contributed by atoms with E-state index in [1.807, 2.05) is 0 Å². The molecule has 16 heavy (non-hydrogen) atoms. The van der Waals surface area contributed by atoms with E-state index >= 15 is 0 Å². The summed E-state index contributed by atoms with van der Waals surface area (Å²) in [6.07, 6.45) is 0. The Bertz CT molecular complexity index is 555. The third-order valence-electron chi connectivity index (χ3n) is 1.96. The molecule has 0 saturated carbocycles. The molecule has 0 spiro atoms. The number of carbonyl (C=O) groups is 1. The number of aliphatic hydroxyl groups excluding tert-OH is 1. The molecule has 0 amide bonds. The van der Waals surface area contributed by atoms with Crippen molar-refractivity contribution in [1.29, 1.82) is 0 Å². The molecule has 0 aliphatic heterocycles. The number of aromatic nitrogens is 2. The van der Waals surface area contributed by atoms with Crippen LogP contribution in [0.2, 0.25) is 0 Å². The van der Waals surface area contributed by atoms with E-state index < -0.39 is 5.97 Å². The lowest BCUT2D eigenvalue weighted by atomic mass is 10.2. The number of nitrogens with zero attached hydrogens (tertiary/aromatic N) is 2. The summed E-state index contributed by atoms with van der Waals surface area (Å²) in [5.41, 5.74) is 1.23. The van der Waals surface area contributed by atoms with E-state index in [4.69, 9.17) is 5.11 Å². The lowest BCUT2D eigenvalue weighted by Crippen LogP contribution is -2.04. The van der Waals surface area contributed by atoms with Gasteiger partial charge in [-0.3, -0.25) is 0 Å².